The second-order valence-electron chi connectivity index (χ2n) is 6.72. The molecule has 22 heavy (non-hydrogen) atoms. The fraction of sp³-hybridized carbons (Fsp3) is 0.529. The Morgan fingerprint density at radius 3 is 2.23 bits per heavy atom. The predicted molar refractivity (Wildman–Crippen MR) is 77.7 cm³/mol. The molecular formula is C17H17NO4. The van der Waals surface area contributed by atoms with Gasteiger partial charge in [-0.15, -0.1) is 0 Å². The van der Waals surface area contributed by atoms with Gasteiger partial charge >= 0.3 is 0 Å². The molecule has 1 aromatic rings. The van der Waals surface area contributed by atoms with Crippen LogP contribution in [0.5, 0.6) is 11.5 Å². The number of carbonyl (C=O) groups excluding carboxylic acids is 2. The maximum absolute atomic E-state index is 12.8. The van der Waals surface area contributed by atoms with Gasteiger partial charge in [-0.3, -0.25) is 9.59 Å². The summed E-state index contributed by atoms with van der Waals surface area (Å²) >= 11 is 0. The van der Waals surface area contributed by atoms with Crippen LogP contribution in [-0.2, 0) is 9.59 Å². The maximum Gasteiger partial charge on any atom is 0.237 e. The molecule has 0 unspecified atom stereocenters. The van der Waals surface area contributed by atoms with Gasteiger partial charge in [0, 0.05) is 6.07 Å². The van der Waals surface area contributed by atoms with Crippen LogP contribution in [0.4, 0.5) is 5.69 Å². The van der Waals surface area contributed by atoms with Crippen LogP contribution in [0.25, 0.3) is 0 Å². The number of rotatable bonds is 1. The van der Waals surface area contributed by atoms with Crippen LogP contribution in [0.1, 0.15) is 19.3 Å². The summed E-state index contributed by atoms with van der Waals surface area (Å²) in [7, 11) is 0. The van der Waals surface area contributed by atoms with Gasteiger partial charge in [0.15, 0.2) is 11.5 Å². The van der Waals surface area contributed by atoms with Crippen molar-refractivity contribution in [3.63, 3.8) is 0 Å². The Morgan fingerprint density at radius 2 is 1.55 bits per heavy atom. The largest absolute Gasteiger partial charge is 0.486 e. The zero-order valence-corrected chi connectivity index (χ0v) is 12.2. The van der Waals surface area contributed by atoms with Crippen LogP contribution in [0, 0.1) is 23.7 Å². The Kier molecular flexibility index (Phi) is 2.41. The smallest absolute Gasteiger partial charge is 0.237 e. The first-order valence-electron chi connectivity index (χ1n) is 8.01. The molecule has 114 valence electrons. The SMILES string of the molecule is O=C1[C@@H]2[C@H]3CC[C@@H](C3)[C@H]2C(=O)N1c1ccc2c(c1)OCCO2. The van der Waals surface area contributed by atoms with E-state index in [9.17, 15) is 9.59 Å². The van der Waals surface area contributed by atoms with Gasteiger partial charge in [-0.05, 0) is 43.2 Å². The van der Waals surface area contributed by atoms with Crippen LogP contribution < -0.4 is 14.4 Å². The number of nitrogens with zero attached hydrogens (tertiary/aromatic N) is 1. The molecule has 2 amide bonds. The van der Waals surface area contributed by atoms with E-state index in [1.54, 1.807) is 18.2 Å². The van der Waals surface area contributed by atoms with E-state index in [0.717, 1.165) is 19.3 Å². The first kappa shape index (κ1) is 12.5. The number of imide groups is 1. The molecular weight excluding hydrogens is 282 g/mol. The first-order valence-corrected chi connectivity index (χ1v) is 8.01. The Bertz CT molecular complexity index is 657. The average molecular weight is 299 g/mol. The Labute approximate surface area is 128 Å². The van der Waals surface area contributed by atoms with Crippen molar-refractivity contribution >= 4 is 17.5 Å². The zero-order chi connectivity index (χ0) is 14.8. The number of anilines is 1. The van der Waals surface area contributed by atoms with E-state index in [1.165, 1.54) is 4.90 Å². The van der Waals surface area contributed by atoms with Crippen LogP contribution in [0.15, 0.2) is 18.2 Å². The number of benzene rings is 1. The van der Waals surface area contributed by atoms with E-state index < -0.39 is 0 Å². The third-order valence-corrected chi connectivity index (χ3v) is 5.71. The molecule has 4 aliphatic rings. The van der Waals surface area contributed by atoms with E-state index >= 15 is 0 Å². The number of amides is 2. The Hall–Kier alpha value is -2.04. The molecule has 1 aromatic carbocycles. The minimum atomic E-state index is -0.0838. The van der Waals surface area contributed by atoms with Crippen LogP contribution >= 0.6 is 0 Å². The molecule has 4 atom stereocenters. The molecule has 3 fully saturated rings. The third-order valence-electron chi connectivity index (χ3n) is 5.71. The summed E-state index contributed by atoms with van der Waals surface area (Å²) in [5.74, 6) is 1.91. The normalized spacial score (nSPS) is 35.2. The maximum atomic E-state index is 12.8. The van der Waals surface area contributed by atoms with Gasteiger partial charge in [0.1, 0.15) is 13.2 Å². The molecule has 5 rings (SSSR count). The van der Waals surface area contributed by atoms with Crippen molar-refractivity contribution in [1.82, 2.24) is 0 Å². The van der Waals surface area contributed by atoms with Crippen molar-refractivity contribution in [2.75, 3.05) is 18.1 Å². The molecule has 2 saturated carbocycles. The molecule has 0 aromatic heterocycles. The van der Waals surface area contributed by atoms with E-state index in [-0.39, 0.29) is 23.7 Å². The van der Waals surface area contributed by atoms with Gasteiger partial charge < -0.3 is 9.47 Å². The summed E-state index contributed by atoms with van der Waals surface area (Å²) in [5.41, 5.74) is 0.619. The molecule has 5 heteroatoms. The van der Waals surface area contributed by atoms with Crippen molar-refractivity contribution in [3.05, 3.63) is 18.2 Å². The molecule has 2 aliphatic carbocycles. The lowest BCUT2D eigenvalue weighted by atomic mass is 9.81. The standard InChI is InChI=1S/C17H17NO4/c19-16-14-9-1-2-10(7-9)15(14)17(20)18(16)11-3-4-12-13(8-11)22-6-5-21-12/h3-4,8-10,14-15H,1-2,5-7H2/t9-,10-,14+,15+/m0/s1. The fourth-order valence-electron chi connectivity index (χ4n) is 4.83. The lowest BCUT2D eigenvalue weighted by Crippen LogP contribution is -2.32. The van der Waals surface area contributed by atoms with E-state index in [4.69, 9.17) is 9.47 Å². The molecule has 1 saturated heterocycles. The summed E-state index contributed by atoms with van der Waals surface area (Å²) < 4.78 is 11.1. The van der Waals surface area contributed by atoms with Gasteiger partial charge in [0.05, 0.1) is 17.5 Å². The fourth-order valence-corrected chi connectivity index (χ4v) is 4.83. The molecule has 0 N–H and O–H groups in total. The van der Waals surface area contributed by atoms with Gasteiger partial charge in [-0.2, -0.15) is 0 Å². The lowest BCUT2D eigenvalue weighted by Gasteiger charge is -2.22. The number of hydrogen-bond acceptors (Lipinski definition) is 4. The van der Waals surface area contributed by atoms with Crippen molar-refractivity contribution in [1.29, 1.82) is 0 Å². The van der Waals surface area contributed by atoms with Crippen molar-refractivity contribution in [2.45, 2.75) is 19.3 Å². The van der Waals surface area contributed by atoms with Crippen molar-refractivity contribution < 1.29 is 19.1 Å². The molecule has 0 spiro atoms. The summed E-state index contributed by atoms with van der Waals surface area (Å²) in [4.78, 5) is 27.0. The second-order valence-corrected chi connectivity index (χ2v) is 6.72. The van der Waals surface area contributed by atoms with E-state index in [1.807, 2.05) is 0 Å². The zero-order valence-electron chi connectivity index (χ0n) is 12.2. The van der Waals surface area contributed by atoms with Gasteiger partial charge in [0.25, 0.3) is 0 Å². The van der Waals surface area contributed by atoms with Gasteiger partial charge in [-0.1, -0.05) is 0 Å². The van der Waals surface area contributed by atoms with Crippen LogP contribution in [0.3, 0.4) is 0 Å². The van der Waals surface area contributed by atoms with Crippen molar-refractivity contribution in [3.8, 4) is 11.5 Å². The highest BCUT2D eigenvalue weighted by atomic mass is 16.6. The minimum absolute atomic E-state index is 0.0149. The second kappa shape index (κ2) is 4.24. The first-order chi connectivity index (χ1) is 10.7. The van der Waals surface area contributed by atoms with Crippen LogP contribution in [0.2, 0.25) is 0 Å². The number of fused-ring (bicyclic) bond motifs is 6. The highest BCUT2D eigenvalue weighted by Crippen LogP contribution is 2.56. The molecule has 5 nitrogen and oxygen atoms in total. The van der Waals surface area contributed by atoms with Gasteiger partial charge in [-0.25, -0.2) is 4.90 Å². The molecule has 0 radical (unpaired) electrons. The predicted octanol–water partition coefficient (Wildman–Crippen LogP) is 1.99. The summed E-state index contributed by atoms with van der Waals surface area (Å²) in [6.45, 7) is 1.02. The third kappa shape index (κ3) is 1.49. The quantitative estimate of drug-likeness (QED) is 0.744. The van der Waals surface area contributed by atoms with Crippen molar-refractivity contribution in [2.24, 2.45) is 23.7 Å². The molecule has 2 heterocycles. The average Bonchev–Trinajstić information content (AvgIpc) is 3.21. The van der Waals surface area contributed by atoms with E-state index in [2.05, 4.69) is 0 Å². The Balaban J connectivity index is 1.53. The highest BCUT2D eigenvalue weighted by Gasteiger charge is 2.61. The van der Waals surface area contributed by atoms with E-state index in [0.29, 0.717) is 42.2 Å². The monoisotopic (exact) mass is 299 g/mol. The topological polar surface area (TPSA) is 55.8 Å². The highest BCUT2D eigenvalue weighted by molar-refractivity contribution is 6.22. The summed E-state index contributed by atoms with van der Waals surface area (Å²) in [5, 5.41) is 0. The molecule has 2 aliphatic heterocycles. The van der Waals surface area contributed by atoms with Crippen LogP contribution in [-0.4, -0.2) is 25.0 Å². The number of ether oxygens (including phenoxy) is 2. The summed E-state index contributed by atoms with van der Waals surface area (Å²) in [6, 6.07) is 5.33. The summed E-state index contributed by atoms with van der Waals surface area (Å²) in [6.07, 6.45) is 3.25. The van der Waals surface area contributed by atoms with Gasteiger partial charge in [0.2, 0.25) is 11.8 Å². The number of hydrogen-bond donors (Lipinski definition) is 0. The minimum Gasteiger partial charge on any atom is -0.486 e. The number of carbonyl (C=O) groups is 2. The molecule has 2 bridgehead atoms. The lowest BCUT2D eigenvalue weighted by molar-refractivity contribution is -0.123. The Morgan fingerprint density at radius 1 is 0.909 bits per heavy atom.